The minimum absolute atomic E-state index is 0.201. The molecule has 0 unspecified atom stereocenters. The first-order valence-corrected chi connectivity index (χ1v) is 23.9. The van der Waals surface area contributed by atoms with E-state index in [0.717, 1.165) is 61.5 Å². The van der Waals surface area contributed by atoms with E-state index < -0.39 is 60.4 Å². The first-order chi connectivity index (χ1) is 37.4. The van der Waals surface area contributed by atoms with Gasteiger partial charge in [0.2, 0.25) is 0 Å². The van der Waals surface area contributed by atoms with Crippen LogP contribution in [0.4, 0.5) is 51.2 Å². The molecule has 0 saturated heterocycles. The number of anilines is 9. The molecule has 2 aliphatic carbocycles. The Balaban J connectivity index is 1.12. The quantitative estimate of drug-likeness (QED) is 0.159. The van der Waals surface area contributed by atoms with Crippen LogP contribution in [-0.2, 0) is 16.2 Å². The third-order valence-corrected chi connectivity index (χ3v) is 15.4. The van der Waals surface area contributed by atoms with E-state index in [9.17, 15) is 5.48 Å². The Morgan fingerprint density at radius 3 is 1.43 bits per heavy atom. The van der Waals surface area contributed by atoms with Crippen LogP contribution in [0.5, 0.6) is 0 Å². The van der Waals surface area contributed by atoms with Gasteiger partial charge in [-0.2, -0.15) is 0 Å². The summed E-state index contributed by atoms with van der Waals surface area (Å²) in [5, 5.41) is 0. The lowest BCUT2D eigenvalue weighted by Crippen LogP contribution is -2.61. The zero-order valence-corrected chi connectivity index (χ0v) is 40.1. The number of rotatable bonds is 5. The molecule has 69 heavy (non-hydrogen) atoms. The Morgan fingerprint density at radius 2 is 0.928 bits per heavy atom. The number of benzene rings is 9. The second-order valence-corrected chi connectivity index (χ2v) is 21.2. The standard InChI is InChI=1S/C65H56BN3/c1-41-35-60-62-61(36-41)69(46-29-32-51-49-24-16-18-26-53(49)65(7,8)55(51)39-46)59-40-47(67(43-19-11-9-12-20-43)44-21-13-10-14-22-44)30-34-57(59)66(62)56-33-27-42(63(2,3)4)37-58(56)68(60)45-28-31-50-48-23-15-17-25-52(48)64(5,6)54(50)38-45/h9-40H,1-8H3/i9D,10D,11D,12D,13D,14D,19D,20D,21D,22D. The van der Waals surface area contributed by atoms with Gasteiger partial charge in [-0.05, 0) is 163 Å². The molecule has 0 atom stereocenters. The maximum atomic E-state index is 9.34. The van der Waals surface area contributed by atoms with Crippen LogP contribution in [0.3, 0.4) is 0 Å². The van der Waals surface area contributed by atoms with E-state index in [4.69, 9.17) is 8.22 Å². The van der Waals surface area contributed by atoms with Gasteiger partial charge in [0.05, 0.1) is 13.7 Å². The molecule has 334 valence electrons. The van der Waals surface area contributed by atoms with E-state index in [0.29, 0.717) is 5.69 Å². The van der Waals surface area contributed by atoms with E-state index in [2.05, 4.69) is 180 Å². The summed E-state index contributed by atoms with van der Waals surface area (Å²) in [4.78, 5) is 5.97. The average molecular weight is 900 g/mol. The number of para-hydroxylation sites is 2. The van der Waals surface area contributed by atoms with Gasteiger partial charge in [0.25, 0.3) is 6.71 Å². The van der Waals surface area contributed by atoms with Crippen LogP contribution in [0.2, 0.25) is 0 Å². The zero-order chi connectivity index (χ0) is 55.8. The first-order valence-electron chi connectivity index (χ1n) is 28.9. The lowest BCUT2D eigenvalue weighted by molar-refractivity contribution is 0.590. The molecule has 3 nitrogen and oxygen atoms in total. The highest BCUT2D eigenvalue weighted by atomic mass is 15.2. The van der Waals surface area contributed by atoms with Crippen LogP contribution in [-0.4, -0.2) is 6.71 Å². The molecule has 0 spiro atoms. The molecule has 0 aromatic heterocycles. The molecular weight excluding hydrogens is 834 g/mol. The lowest BCUT2D eigenvalue weighted by atomic mass is 9.33. The van der Waals surface area contributed by atoms with Gasteiger partial charge in [-0.25, -0.2) is 0 Å². The normalized spacial score (nSPS) is 17.1. The van der Waals surface area contributed by atoms with Crippen molar-refractivity contribution < 1.29 is 13.7 Å². The Kier molecular flexibility index (Phi) is 6.88. The molecule has 4 heteroatoms. The highest BCUT2D eigenvalue weighted by Crippen LogP contribution is 2.54. The number of nitrogens with zero attached hydrogens (tertiary/aromatic N) is 3. The predicted molar refractivity (Wildman–Crippen MR) is 294 cm³/mol. The van der Waals surface area contributed by atoms with Crippen LogP contribution in [0.15, 0.2) is 194 Å². The Hall–Kier alpha value is -7.56. The first kappa shape index (κ1) is 32.2. The largest absolute Gasteiger partial charge is 0.311 e. The Bertz CT molecular complexity index is 4070. The molecule has 2 aliphatic heterocycles. The smallest absolute Gasteiger partial charge is 0.252 e. The van der Waals surface area contributed by atoms with Crippen molar-refractivity contribution in [1.29, 1.82) is 0 Å². The van der Waals surface area contributed by atoms with Crippen molar-refractivity contribution in [2.75, 3.05) is 14.7 Å². The fraction of sp³-hybridized carbons (Fsp3) is 0.169. The fourth-order valence-corrected chi connectivity index (χ4v) is 12.0. The highest BCUT2D eigenvalue weighted by Gasteiger charge is 2.45. The summed E-state index contributed by atoms with van der Waals surface area (Å²) < 4.78 is 89.8. The van der Waals surface area contributed by atoms with Crippen molar-refractivity contribution in [1.82, 2.24) is 0 Å². The molecular formula is C65H56BN3. The summed E-state index contributed by atoms with van der Waals surface area (Å²) >= 11 is 0. The van der Waals surface area contributed by atoms with Crippen molar-refractivity contribution in [2.45, 2.75) is 71.6 Å². The van der Waals surface area contributed by atoms with E-state index >= 15 is 0 Å². The molecule has 0 fully saturated rings. The van der Waals surface area contributed by atoms with Crippen LogP contribution in [0, 0.1) is 6.92 Å². The van der Waals surface area contributed by atoms with Gasteiger partial charge < -0.3 is 14.7 Å². The minimum Gasteiger partial charge on any atom is -0.311 e. The molecule has 0 amide bonds. The maximum absolute atomic E-state index is 9.34. The van der Waals surface area contributed by atoms with Gasteiger partial charge in [0.1, 0.15) is 0 Å². The Labute approximate surface area is 422 Å². The number of aryl methyl sites for hydroxylation is 1. The average Bonchev–Trinajstić information content (AvgIpc) is 2.90. The van der Waals surface area contributed by atoms with E-state index in [1.54, 1.807) is 6.07 Å². The molecule has 13 rings (SSSR count). The molecule has 0 N–H and O–H groups in total. The SMILES string of the molecule is [2H]c1c([2H])c([2H])c(N(c2ccc3c(c2)N(c2ccc4c(c2)C(C)(C)c2ccccc2-4)c2cc(C)cc4c2B3c2ccc(C(C)(C)C)cc2N4c2ccc3c(c2)C(C)(C)c2ccccc2-3)c2c([2H])c([2H])c([2H])c([2H])c2[2H])c([2H])c1[2H]. The molecule has 0 radical (unpaired) electrons. The summed E-state index contributed by atoms with van der Waals surface area (Å²) in [6.07, 6.45) is 0. The van der Waals surface area contributed by atoms with Crippen molar-refractivity contribution >= 4 is 74.3 Å². The molecule has 9 aromatic carbocycles. The van der Waals surface area contributed by atoms with Crippen molar-refractivity contribution in [3.05, 3.63) is 227 Å². The van der Waals surface area contributed by atoms with Gasteiger partial charge >= 0.3 is 0 Å². The number of hydrogen-bond acceptors (Lipinski definition) is 3. The zero-order valence-electron chi connectivity index (χ0n) is 50.1. The van der Waals surface area contributed by atoms with Crippen LogP contribution < -0.4 is 31.1 Å². The summed E-state index contributed by atoms with van der Waals surface area (Å²) in [6.45, 7) is 17.6. The third kappa shape index (κ3) is 6.07. The van der Waals surface area contributed by atoms with E-state index in [1.165, 1.54) is 43.8 Å². The van der Waals surface area contributed by atoms with Crippen molar-refractivity contribution in [3.8, 4) is 22.3 Å². The summed E-state index contributed by atoms with van der Waals surface area (Å²) in [6, 6.07) is 41.7. The predicted octanol–water partition coefficient (Wildman–Crippen LogP) is 15.5. The van der Waals surface area contributed by atoms with Crippen LogP contribution in [0.25, 0.3) is 22.3 Å². The van der Waals surface area contributed by atoms with Gasteiger partial charge in [-0.3, -0.25) is 0 Å². The monoisotopic (exact) mass is 900 g/mol. The van der Waals surface area contributed by atoms with Gasteiger partial charge in [0.15, 0.2) is 0 Å². The van der Waals surface area contributed by atoms with Crippen LogP contribution in [0.1, 0.15) is 95.6 Å². The minimum atomic E-state index is -0.624. The van der Waals surface area contributed by atoms with E-state index in [1.807, 2.05) is 12.1 Å². The van der Waals surface area contributed by atoms with E-state index in [-0.39, 0.29) is 40.0 Å². The second kappa shape index (κ2) is 14.7. The molecule has 0 saturated carbocycles. The third-order valence-electron chi connectivity index (χ3n) is 15.4. The number of hydrogen-bond donors (Lipinski definition) is 0. The molecule has 9 aromatic rings. The Morgan fingerprint density at radius 1 is 0.464 bits per heavy atom. The fourth-order valence-electron chi connectivity index (χ4n) is 12.0. The number of fused-ring (bicyclic) bond motifs is 10. The van der Waals surface area contributed by atoms with Gasteiger partial charge in [-0.1, -0.05) is 164 Å². The van der Waals surface area contributed by atoms with Gasteiger partial charge in [0, 0.05) is 62.0 Å². The molecule has 2 heterocycles. The highest BCUT2D eigenvalue weighted by molar-refractivity contribution is 7.00. The summed E-state index contributed by atoms with van der Waals surface area (Å²) in [5.41, 5.74) is 19.3. The van der Waals surface area contributed by atoms with Crippen molar-refractivity contribution in [2.24, 2.45) is 0 Å². The summed E-state index contributed by atoms with van der Waals surface area (Å²) in [5.74, 6) is 0. The molecule has 4 aliphatic rings. The molecule has 0 bridgehead atoms. The lowest BCUT2D eigenvalue weighted by Gasteiger charge is -2.45. The van der Waals surface area contributed by atoms with Crippen molar-refractivity contribution in [3.63, 3.8) is 0 Å². The summed E-state index contributed by atoms with van der Waals surface area (Å²) in [7, 11) is 0. The second-order valence-electron chi connectivity index (χ2n) is 21.2. The topological polar surface area (TPSA) is 9.72 Å². The van der Waals surface area contributed by atoms with Gasteiger partial charge in [-0.15, -0.1) is 0 Å². The maximum Gasteiger partial charge on any atom is 0.252 e. The van der Waals surface area contributed by atoms with Crippen LogP contribution >= 0.6 is 0 Å².